The molecule has 3 rings (SSSR count). The second-order valence-electron chi connectivity index (χ2n) is 6.38. The van der Waals surface area contributed by atoms with Crippen molar-refractivity contribution in [1.82, 2.24) is 5.32 Å². The molecule has 0 saturated carbocycles. The van der Waals surface area contributed by atoms with Crippen LogP contribution in [0.4, 0.5) is 5.69 Å². The summed E-state index contributed by atoms with van der Waals surface area (Å²) in [6.07, 6.45) is 1.21. The number of nitrogens with one attached hydrogen (secondary N) is 1. The van der Waals surface area contributed by atoms with Gasteiger partial charge in [0.05, 0.1) is 12.5 Å². The molecular formula is C21H24N2O3. The van der Waals surface area contributed by atoms with E-state index in [0.717, 1.165) is 17.9 Å². The van der Waals surface area contributed by atoms with E-state index < -0.39 is 0 Å². The van der Waals surface area contributed by atoms with Crippen molar-refractivity contribution in [3.05, 3.63) is 60.2 Å². The Morgan fingerprint density at radius 1 is 1.15 bits per heavy atom. The Morgan fingerprint density at radius 2 is 1.88 bits per heavy atom. The van der Waals surface area contributed by atoms with E-state index in [4.69, 9.17) is 4.74 Å². The number of amides is 2. The Hall–Kier alpha value is -2.82. The van der Waals surface area contributed by atoms with Crippen LogP contribution in [0, 0.1) is 5.92 Å². The smallest absolute Gasteiger partial charge is 0.227 e. The number of carbonyl (C=O) groups excluding carboxylic acids is 2. The number of anilines is 1. The Bertz CT molecular complexity index is 744. The van der Waals surface area contributed by atoms with Gasteiger partial charge in [0.25, 0.3) is 0 Å². The number of hydrogen-bond donors (Lipinski definition) is 1. The molecule has 1 atom stereocenters. The van der Waals surface area contributed by atoms with Gasteiger partial charge in [-0.2, -0.15) is 0 Å². The summed E-state index contributed by atoms with van der Waals surface area (Å²) in [5.41, 5.74) is 2.09. The van der Waals surface area contributed by atoms with Gasteiger partial charge >= 0.3 is 0 Å². The molecule has 0 aliphatic carbocycles. The van der Waals surface area contributed by atoms with E-state index in [1.165, 1.54) is 5.56 Å². The van der Waals surface area contributed by atoms with Gasteiger partial charge in [0.1, 0.15) is 12.4 Å². The minimum absolute atomic E-state index is 0.00469. The summed E-state index contributed by atoms with van der Waals surface area (Å²) in [6.45, 7) is 3.34. The van der Waals surface area contributed by atoms with Crippen molar-refractivity contribution < 1.29 is 14.3 Å². The van der Waals surface area contributed by atoms with Gasteiger partial charge in [-0.3, -0.25) is 9.59 Å². The topological polar surface area (TPSA) is 58.6 Å². The van der Waals surface area contributed by atoms with Gasteiger partial charge in [0.2, 0.25) is 11.8 Å². The zero-order valence-electron chi connectivity index (χ0n) is 15.0. The number of rotatable bonds is 7. The number of carbonyl (C=O) groups is 2. The van der Waals surface area contributed by atoms with Crippen molar-refractivity contribution >= 4 is 17.5 Å². The molecular weight excluding hydrogens is 328 g/mol. The third-order valence-corrected chi connectivity index (χ3v) is 4.57. The summed E-state index contributed by atoms with van der Waals surface area (Å²) in [6, 6.07) is 17.4. The van der Waals surface area contributed by atoms with Gasteiger partial charge in [-0.15, -0.1) is 0 Å². The summed E-state index contributed by atoms with van der Waals surface area (Å²) in [7, 11) is 0. The first kappa shape index (κ1) is 18.0. The zero-order valence-corrected chi connectivity index (χ0v) is 15.0. The molecule has 5 nitrogen and oxygen atoms in total. The van der Waals surface area contributed by atoms with Crippen LogP contribution in [0.15, 0.2) is 54.6 Å². The Balaban J connectivity index is 1.47. The summed E-state index contributed by atoms with van der Waals surface area (Å²) < 4.78 is 5.56. The van der Waals surface area contributed by atoms with Crippen LogP contribution in [-0.2, 0) is 16.0 Å². The quantitative estimate of drug-likeness (QED) is 0.780. The molecule has 1 aliphatic heterocycles. The van der Waals surface area contributed by atoms with E-state index in [1.807, 2.05) is 54.6 Å². The molecule has 136 valence electrons. The lowest BCUT2D eigenvalue weighted by Crippen LogP contribution is -2.35. The maximum Gasteiger partial charge on any atom is 0.227 e. The lowest BCUT2D eigenvalue weighted by molar-refractivity contribution is -0.126. The lowest BCUT2D eigenvalue weighted by atomic mass is 10.1. The predicted molar refractivity (Wildman–Crippen MR) is 101 cm³/mol. The molecule has 5 heteroatoms. The fourth-order valence-electron chi connectivity index (χ4n) is 3.05. The monoisotopic (exact) mass is 352 g/mol. The average molecular weight is 352 g/mol. The number of aryl methyl sites for hydroxylation is 1. The first-order chi connectivity index (χ1) is 12.7. The number of para-hydroxylation sites is 1. The van der Waals surface area contributed by atoms with E-state index in [-0.39, 0.29) is 24.2 Å². The van der Waals surface area contributed by atoms with Crippen LogP contribution in [0.2, 0.25) is 0 Å². The van der Waals surface area contributed by atoms with Crippen molar-refractivity contribution in [3.8, 4) is 5.75 Å². The average Bonchev–Trinajstić information content (AvgIpc) is 3.08. The third-order valence-electron chi connectivity index (χ3n) is 4.57. The normalized spacial score (nSPS) is 16.6. The van der Waals surface area contributed by atoms with E-state index in [9.17, 15) is 9.59 Å². The molecule has 1 fully saturated rings. The molecule has 0 aromatic heterocycles. The van der Waals surface area contributed by atoms with Crippen LogP contribution in [-0.4, -0.2) is 31.5 Å². The van der Waals surface area contributed by atoms with Gasteiger partial charge in [0, 0.05) is 18.7 Å². The van der Waals surface area contributed by atoms with Crippen molar-refractivity contribution in [2.45, 2.75) is 19.8 Å². The highest BCUT2D eigenvalue weighted by molar-refractivity contribution is 6.00. The molecule has 26 heavy (non-hydrogen) atoms. The lowest BCUT2D eigenvalue weighted by Gasteiger charge is -2.17. The van der Waals surface area contributed by atoms with E-state index >= 15 is 0 Å². The van der Waals surface area contributed by atoms with Crippen molar-refractivity contribution in [3.63, 3.8) is 0 Å². The Morgan fingerprint density at radius 3 is 2.58 bits per heavy atom. The molecule has 2 aromatic rings. The van der Waals surface area contributed by atoms with Crippen molar-refractivity contribution in [2.24, 2.45) is 5.92 Å². The molecule has 0 radical (unpaired) electrons. The molecule has 1 unspecified atom stereocenters. The molecule has 0 bridgehead atoms. The maximum absolute atomic E-state index is 12.3. The minimum Gasteiger partial charge on any atom is -0.492 e. The van der Waals surface area contributed by atoms with Crippen LogP contribution < -0.4 is 15.0 Å². The molecule has 2 aromatic carbocycles. The summed E-state index contributed by atoms with van der Waals surface area (Å²) in [4.78, 5) is 26.3. The maximum atomic E-state index is 12.3. The van der Waals surface area contributed by atoms with E-state index in [0.29, 0.717) is 19.7 Å². The molecule has 1 saturated heterocycles. The summed E-state index contributed by atoms with van der Waals surface area (Å²) in [5.74, 6) is 0.363. The number of hydrogen-bond acceptors (Lipinski definition) is 3. The van der Waals surface area contributed by atoms with Crippen LogP contribution in [0.3, 0.4) is 0 Å². The second kappa shape index (κ2) is 8.52. The fraction of sp³-hybridized carbons (Fsp3) is 0.333. The van der Waals surface area contributed by atoms with Crippen molar-refractivity contribution in [1.29, 1.82) is 0 Å². The highest BCUT2D eigenvalue weighted by Gasteiger charge is 2.34. The van der Waals surface area contributed by atoms with Crippen LogP contribution in [0.25, 0.3) is 0 Å². The van der Waals surface area contributed by atoms with E-state index in [1.54, 1.807) is 4.90 Å². The van der Waals surface area contributed by atoms with Crippen LogP contribution in [0.5, 0.6) is 5.75 Å². The number of nitrogens with zero attached hydrogens (tertiary/aromatic N) is 1. The van der Waals surface area contributed by atoms with Crippen LogP contribution in [0.1, 0.15) is 18.9 Å². The van der Waals surface area contributed by atoms with Gasteiger partial charge < -0.3 is 15.0 Å². The molecule has 0 spiro atoms. The summed E-state index contributed by atoms with van der Waals surface area (Å²) >= 11 is 0. The zero-order chi connectivity index (χ0) is 18.4. The third kappa shape index (κ3) is 4.42. The molecule has 1 heterocycles. The molecule has 2 amide bonds. The van der Waals surface area contributed by atoms with Crippen molar-refractivity contribution in [2.75, 3.05) is 24.6 Å². The van der Waals surface area contributed by atoms with Gasteiger partial charge in [0.15, 0.2) is 0 Å². The Labute approximate surface area is 154 Å². The molecule has 1 N–H and O–H groups in total. The highest BCUT2D eigenvalue weighted by atomic mass is 16.5. The largest absolute Gasteiger partial charge is 0.492 e. The number of benzene rings is 2. The standard InChI is InChI=1S/C21H24N2O3/c1-2-16-8-10-18(11-9-16)23-15-17(14-20(23)24)21(25)22-12-13-26-19-6-4-3-5-7-19/h3-11,17H,2,12-15H2,1H3,(H,22,25). The van der Waals surface area contributed by atoms with Gasteiger partial charge in [-0.1, -0.05) is 37.3 Å². The molecule has 1 aliphatic rings. The van der Waals surface area contributed by atoms with Gasteiger partial charge in [-0.25, -0.2) is 0 Å². The van der Waals surface area contributed by atoms with E-state index in [2.05, 4.69) is 12.2 Å². The first-order valence-electron chi connectivity index (χ1n) is 9.02. The predicted octanol–water partition coefficient (Wildman–Crippen LogP) is 2.80. The van der Waals surface area contributed by atoms with Gasteiger partial charge in [-0.05, 0) is 36.2 Å². The number of ether oxygens (including phenoxy) is 1. The summed E-state index contributed by atoms with van der Waals surface area (Å²) in [5, 5.41) is 2.86. The minimum atomic E-state index is -0.315. The second-order valence-corrected chi connectivity index (χ2v) is 6.38. The highest BCUT2D eigenvalue weighted by Crippen LogP contribution is 2.25. The Kier molecular flexibility index (Phi) is 5.89. The fourth-order valence-corrected chi connectivity index (χ4v) is 3.05. The van der Waals surface area contributed by atoms with Crippen LogP contribution >= 0.6 is 0 Å². The SMILES string of the molecule is CCc1ccc(N2CC(C(=O)NCCOc3ccccc3)CC2=O)cc1. The first-order valence-corrected chi connectivity index (χ1v) is 9.02.